The lowest BCUT2D eigenvalue weighted by molar-refractivity contribution is -0.176. The first kappa shape index (κ1) is 94.6. The van der Waals surface area contributed by atoms with E-state index in [0.29, 0.717) is 81.0 Å². The first-order chi connectivity index (χ1) is 58.0. The van der Waals surface area contributed by atoms with Crippen LogP contribution in [-0.2, 0) is 57.3 Å². The molecular weight excluding hydrogens is 1660 g/mol. The van der Waals surface area contributed by atoms with Crippen LogP contribution in [0.25, 0.3) is 53.9 Å². The Morgan fingerprint density at radius 3 is 0.619 bits per heavy atom. The van der Waals surface area contributed by atoms with E-state index in [4.69, 9.17) is 55.6 Å². The second kappa shape index (κ2) is 30.0. The van der Waals surface area contributed by atoms with Gasteiger partial charge in [0.25, 0.3) is 33.3 Å². The number of carbonyl (C=O) groups is 8. The summed E-state index contributed by atoms with van der Waals surface area (Å²) < 4.78 is 89.0. The lowest BCUT2D eigenvalue weighted by Gasteiger charge is -2.44. The van der Waals surface area contributed by atoms with Gasteiger partial charge in [-0.2, -0.15) is 0 Å². The summed E-state index contributed by atoms with van der Waals surface area (Å²) in [4.78, 5) is 124. The lowest BCUT2D eigenvalue weighted by atomic mass is 9.66. The van der Waals surface area contributed by atoms with Crippen molar-refractivity contribution >= 4 is 135 Å². The topological polar surface area (TPSA) is 247 Å². The molecule has 8 fully saturated rings. The Morgan fingerprint density at radius 2 is 0.429 bits per heavy atom. The van der Waals surface area contributed by atoms with Crippen molar-refractivity contribution in [2.45, 2.75) is 390 Å². The number of ether oxygens (including phenoxy) is 8. The molecular formula is C102H144O20Si4. The Morgan fingerprint density at radius 1 is 0.246 bits per heavy atom. The minimum Gasteiger partial charge on any atom is -0.542 e. The van der Waals surface area contributed by atoms with E-state index in [0.717, 1.165) is 0 Å². The van der Waals surface area contributed by atoms with Gasteiger partial charge in [0.15, 0.2) is 0 Å². The highest BCUT2D eigenvalue weighted by atomic mass is 28.4. The van der Waals surface area contributed by atoms with Crippen molar-refractivity contribution in [3.05, 3.63) is 48.5 Å². The zero-order chi connectivity index (χ0) is 93.7. The average molecular weight is 1800 g/mol. The summed E-state index contributed by atoms with van der Waals surface area (Å²) in [5, 5.41) is 3.33. The van der Waals surface area contributed by atoms with Crippen LogP contribution in [-0.4, -0.2) is 103 Å². The Hall–Kier alpha value is -7.55. The second-order valence-electron chi connectivity index (χ2n) is 46.0. The molecule has 0 unspecified atom stereocenters. The maximum Gasteiger partial charge on any atom is 0.356 e. The number of hydrogen-bond acceptors (Lipinski definition) is 20. The smallest absolute Gasteiger partial charge is 0.356 e. The molecule has 0 N–H and O–H groups in total. The van der Waals surface area contributed by atoms with E-state index in [2.05, 4.69) is 178 Å². The molecule has 0 spiro atoms. The molecule has 688 valence electrons. The third-order valence-electron chi connectivity index (χ3n) is 36.7. The molecule has 0 radical (unpaired) electrons. The highest BCUT2D eigenvalue weighted by Gasteiger charge is 2.81. The molecule has 6 aromatic carbocycles. The normalized spacial score (nSPS) is 27.7. The molecule has 24 heteroatoms. The van der Waals surface area contributed by atoms with Crippen molar-refractivity contribution < 1.29 is 94.0 Å². The molecule has 14 rings (SSSR count). The van der Waals surface area contributed by atoms with Crippen LogP contribution in [0.3, 0.4) is 0 Å². The molecule has 6 aromatic rings. The van der Waals surface area contributed by atoms with E-state index in [1.165, 1.54) is 0 Å². The van der Waals surface area contributed by atoms with Crippen LogP contribution in [0.5, 0.6) is 46.0 Å². The number of fused-ring (bicyclic) bond motifs is 17. The molecule has 126 heavy (non-hydrogen) atoms. The highest BCUT2D eigenvalue weighted by Crippen LogP contribution is 2.72. The Kier molecular flexibility index (Phi) is 22.5. The van der Waals surface area contributed by atoms with Gasteiger partial charge in [-0.25, -0.2) is 19.2 Å². The average Bonchev–Trinajstić information content (AvgIpc) is 1.45. The predicted molar refractivity (Wildman–Crippen MR) is 503 cm³/mol. The fraction of sp³-hybridized carbons (Fsp3) is 0.667. The molecule has 8 bridgehead atoms. The fourth-order valence-corrected chi connectivity index (χ4v) is 48.3. The Bertz CT molecular complexity index is 5190. The molecule has 4 aliphatic heterocycles. The largest absolute Gasteiger partial charge is 0.542 e. The number of benzene rings is 6. The van der Waals surface area contributed by atoms with Gasteiger partial charge in [-0.05, 0) is 194 Å². The van der Waals surface area contributed by atoms with Crippen LogP contribution >= 0.6 is 0 Å². The van der Waals surface area contributed by atoms with E-state index >= 15 is 19.2 Å². The maximum atomic E-state index is 16.7. The molecule has 20 nitrogen and oxygen atoms in total. The summed E-state index contributed by atoms with van der Waals surface area (Å²) >= 11 is 0. The molecule has 4 heterocycles. The third kappa shape index (κ3) is 11.8. The Balaban J connectivity index is 1.32. The zero-order valence-corrected chi connectivity index (χ0v) is 86.4. The van der Waals surface area contributed by atoms with Gasteiger partial charge in [0.1, 0.15) is 46.0 Å². The van der Waals surface area contributed by atoms with Crippen LogP contribution < -0.4 is 36.7 Å². The van der Waals surface area contributed by atoms with Gasteiger partial charge in [0, 0.05) is 70.1 Å². The third-order valence-corrected chi connectivity index (χ3v) is 60.6. The monoisotopic (exact) mass is 1800 g/mol. The number of esters is 8. The predicted octanol–water partition coefficient (Wildman–Crippen LogP) is 25.8. The minimum absolute atomic E-state index is 0.0101. The van der Waals surface area contributed by atoms with Crippen molar-refractivity contribution in [1.29, 1.82) is 0 Å². The van der Waals surface area contributed by atoms with Crippen LogP contribution in [0.15, 0.2) is 48.5 Å². The fourth-order valence-electron chi connectivity index (χ4n) is 27.2. The molecule has 4 saturated carbocycles. The van der Waals surface area contributed by atoms with Gasteiger partial charge in [-0.3, -0.25) is 19.2 Å². The van der Waals surface area contributed by atoms with Crippen molar-refractivity contribution in [3.8, 4) is 46.0 Å². The molecule has 8 aliphatic rings. The zero-order valence-electron chi connectivity index (χ0n) is 82.4. The van der Waals surface area contributed by atoms with Crippen molar-refractivity contribution in [1.82, 2.24) is 0 Å². The van der Waals surface area contributed by atoms with Crippen molar-refractivity contribution in [2.75, 3.05) is 0 Å². The maximum absolute atomic E-state index is 16.7. The first-order valence-corrected chi connectivity index (χ1v) is 55.6. The number of rotatable bonds is 28. The van der Waals surface area contributed by atoms with E-state index in [-0.39, 0.29) is 137 Å². The second-order valence-corrected chi connectivity index (χ2v) is 67.5. The van der Waals surface area contributed by atoms with Crippen LogP contribution in [0, 0.1) is 43.3 Å². The van der Waals surface area contributed by atoms with E-state index in [1.54, 1.807) is 24.3 Å². The summed E-state index contributed by atoms with van der Waals surface area (Å²) in [5.74, 6) is -3.91. The standard InChI is InChI=1S/C102H144O20Si4/c1-53(2)123(54(3)4,55(5)6)119-73-49-65-69(111-87(107)99-45-41-95(33,83(103)115-99)91(99,25)26)37-39-71(113-89(109)101-47-43-97(35,85(105)117-101)93(101,29)30)77(65)79-67(73)51-75(121-125(59(13)14,60(15)16)61(17)18)81-76(122-126(62(19)20,63(21)22)64(23)24)52-68-74(120-124(56(7)8,57(9)10)58(11)12)50-66-70(112-88(108)100-46-42-96(34,84(104)116-100)92(100,27)28)38-40-72(78(66)80(68)82(79)81)114-90(110)102-48-44-98(36,86(106)118-102)94(102,31)32/h37-40,49-64H,41-48H2,1-36H3/t95-,96-,97-,98-,99+,100+,101+,102+/m0/s1. The minimum atomic E-state index is -3.30. The molecule has 4 aliphatic carbocycles. The summed E-state index contributed by atoms with van der Waals surface area (Å²) in [7, 11) is -13.2. The molecule has 0 aromatic heterocycles. The van der Waals surface area contributed by atoms with Crippen LogP contribution in [0.2, 0.25) is 66.5 Å². The van der Waals surface area contributed by atoms with Crippen molar-refractivity contribution in [2.24, 2.45) is 43.3 Å². The van der Waals surface area contributed by atoms with Gasteiger partial charge in [-0.1, -0.05) is 222 Å². The van der Waals surface area contributed by atoms with Gasteiger partial charge in [-0.15, -0.1) is 0 Å². The highest BCUT2D eigenvalue weighted by molar-refractivity contribution is 6.80. The SMILES string of the molecule is CC(C)[Si](Oc1cc2c(OC(=O)[C@@]34CC[C@@](C)(C(=O)O3)C4(C)C)ccc(OC(=O)[C@@]34CC[C@@](C)(C(=O)O3)C4(C)C)c2c2c1cc(O[Si](C(C)C)(C(C)C)C(C)C)c1c(O[Si](C(C)C)(C(C)C)C(C)C)cc3c(O[Si](C(C)C)(C(C)C)C(C)C)cc4c(OC(=O)[C@@]56CC[C@@](C)(C(=O)O5)C6(C)C)ccc(OC(=O)[C@@]56CC[C@@](C)(C(=O)O5)C6(C)C)c4c3c12)(C(C)C)C(C)C. The summed E-state index contributed by atoms with van der Waals surface area (Å²) in [6.07, 6.45) is 1.95. The summed E-state index contributed by atoms with van der Waals surface area (Å²) in [6.45, 7) is 75.9. The van der Waals surface area contributed by atoms with Crippen molar-refractivity contribution in [3.63, 3.8) is 0 Å². The number of carbonyl (C=O) groups excluding carboxylic acids is 8. The van der Waals surface area contributed by atoms with Gasteiger partial charge in [0.2, 0.25) is 22.4 Å². The summed E-state index contributed by atoms with van der Waals surface area (Å²) in [5.41, 5.74) is -16.6. The van der Waals surface area contributed by atoms with Crippen LogP contribution in [0.4, 0.5) is 0 Å². The van der Waals surface area contributed by atoms with Crippen LogP contribution in [0.1, 0.15) is 301 Å². The van der Waals surface area contributed by atoms with Gasteiger partial charge in [0.05, 0.1) is 27.0 Å². The lowest BCUT2D eigenvalue weighted by Crippen LogP contribution is -2.51. The molecule has 0 amide bonds. The quantitative estimate of drug-likeness (QED) is 0.0146. The Labute approximate surface area is 751 Å². The van der Waals surface area contributed by atoms with Gasteiger partial charge < -0.3 is 55.6 Å². The number of hydrogen-bond donors (Lipinski definition) is 0. The summed E-state index contributed by atoms with van der Waals surface area (Å²) in [6, 6.07) is 14.4. The first-order valence-electron chi connectivity index (χ1n) is 47.1. The van der Waals surface area contributed by atoms with E-state index in [9.17, 15) is 19.2 Å². The van der Waals surface area contributed by atoms with Gasteiger partial charge >= 0.3 is 47.8 Å². The molecule has 4 saturated heterocycles. The van der Waals surface area contributed by atoms with E-state index in [1.807, 2.05) is 95.2 Å². The van der Waals surface area contributed by atoms with E-state index < -0.39 is 147 Å². The molecule has 8 atom stereocenters.